The van der Waals surface area contributed by atoms with Gasteiger partial charge in [-0.15, -0.1) is 0 Å². The Labute approximate surface area is 93.2 Å². The summed E-state index contributed by atoms with van der Waals surface area (Å²) in [6.07, 6.45) is 0. The summed E-state index contributed by atoms with van der Waals surface area (Å²) in [5.41, 5.74) is 5.63. The van der Waals surface area contributed by atoms with Crippen molar-refractivity contribution in [2.24, 2.45) is 11.7 Å². The van der Waals surface area contributed by atoms with Crippen LogP contribution in [0.25, 0.3) is 0 Å². The molecule has 0 aliphatic carbocycles. The average molecular weight is 215 g/mol. The maximum absolute atomic E-state index is 11.6. The average Bonchev–Trinajstić information content (AvgIpc) is 2.12. The van der Waals surface area contributed by atoms with Crippen LogP contribution in [0.5, 0.6) is 0 Å². The Hall–Kier alpha value is -0.610. The molecule has 3 N–H and O–H groups in total. The first-order chi connectivity index (χ1) is 6.68. The molecule has 4 nitrogen and oxygen atoms in total. The van der Waals surface area contributed by atoms with Crippen molar-refractivity contribution in [2.75, 3.05) is 20.6 Å². The van der Waals surface area contributed by atoms with E-state index in [1.807, 2.05) is 27.9 Å². The fraction of sp³-hybridized carbons (Fsp3) is 0.909. The van der Waals surface area contributed by atoms with Crippen LogP contribution >= 0.6 is 0 Å². The summed E-state index contributed by atoms with van der Waals surface area (Å²) in [5, 5.41) is 2.92. The van der Waals surface area contributed by atoms with Crippen molar-refractivity contribution in [1.29, 1.82) is 0 Å². The number of carbonyl (C=O) groups is 1. The van der Waals surface area contributed by atoms with E-state index < -0.39 is 0 Å². The first-order valence-corrected chi connectivity index (χ1v) is 5.39. The van der Waals surface area contributed by atoms with Gasteiger partial charge in [0, 0.05) is 24.0 Å². The second-order valence-electron chi connectivity index (χ2n) is 5.07. The standard InChI is InChI=1S/C11H25N3O/c1-8(9(2)12)10(15)13-7-11(3,4)14(5)6/h8-9H,7,12H2,1-6H3,(H,13,15). The van der Waals surface area contributed by atoms with Gasteiger partial charge in [0.05, 0.1) is 0 Å². The van der Waals surface area contributed by atoms with Crippen molar-refractivity contribution < 1.29 is 4.79 Å². The maximum Gasteiger partial charge on any atom is 0.224 e. The van der Waals surface area contributed by atoms with Crippen molar-refractivity contribution >= 4 is 5.91 Å². The van der Waals surface area contributed by atoms with E-state index in [0.29, 0.717) is 6.54 Å². The van der Waals surface area contributed by atoms with Crippen LogP contribution in [0.2, 0.25) is 0 Å². The molecule has 0 saturated heterocycles. The van der Waals surface area contributed by atoms with Gasteiger partial charge >= 0.3 is 0 Å². The van der Waals surface area contributed by atoms with Gasteiger partial charge in [-0.05, 0) is 34.9 Å². The van der Waals surface area contributed by atoms with E-state index in [2.05, 4.69) is 24.1 Å². The molecule has 4 heteroatoms. The molecule has 0 heterocycles. The lowest BCUT2D eigenvalue weighted by Gasteiger charge is -2.33. The second-order valence-corrected chi connectivity index (χ2v) is 5.07. The number of nitrogens with one attached hydrogen (secondary N) is 1. The third-order valence-corrected chi connectivity index (χ3v) is 3.11. The van der Waals surface area contributed by atoms with Crippen LogP contribution in [0.15, 0.2) is 0 Å². The summed E-state index contributed by atoms with van der Waals surface area (Å²) in [5.74, 6) is -0.108. The molecular formula is C11H25N3O. The van der Waals surface area contributed by atoms with Crippen LogP contribution in [0.4, 0.5) is 0 Å². The molecule has 0 saturated carbocycles. The van der Waals surface area contributed by atoms with Crippen molar-refractivity contribution in [1.82, 2.24) is 10.2 Å². The first-order valence-electron chi connectivity index (χ1n) is 5.39. The fourth-order valence-electron chi connectivity index (χ4n) is 0.861. The van der Waals surface area contributed by atoms with E-state index in [1.54, 1.807) is 0 Å². The van der Waals surface area contributed by atoms with Crippen LogP contribution in [0.1, 0.15) is 27.7 Å². The molecule has 90 valence electrons. The number of amides is 1. The smallest absolute Gasteiger partial charge is 0.224 e. The molecule has 0 aromatic rings. The Morgan fingerprint density at radius 1 is 1.40 bits per heavy atom. The van der Waals surface area contributed by atoms with Crippen LogP contribution in [-0.4, -0.2) is 43.0 Å². The minimum absolute atomic E-state index is 0.0277. The van der Waals surface area contributed by atoms with Crippen LogP contribution in [0, 0.1) is 5.92 Å². The minimum Gasteiger partial charge on any atom is -0.354 e. The summed E-state index contributed by atoms with van der Waals surface area (Å²) in [6, 6.07) is -0.104. The van der Waals surface area contributed by atoms with Crippen molar-refractivity contribution in [3.8, 4) is 0 Å². The van der Waals surface area contributed by atoms with Gasteiger partial charge in [0.2, 0.25) is 5.91 Å². The zero-order chi connectivity index (χ0) is 12.2. The summed E-state index contributed by atoms with van der Waals surface area (Å²) in [7, 11) is 4.00. The Bertz CT molecular complexity index is 212. The molecule has 0 spiro atoms. The number of carbonyl (C=O) groups excluding carboxylic acids is 1. The Kier molecular flexibility index (Phi) is 5.24. The molecule has 2 unspecified atom stereocenters. The molecule has 0 aromatic carbocycles. The molecule has 0 fully saturated rings. The number of hydrogen-bond donors (Lipinski definition) is 2. The predicted octanol–water partition coefficient (Wildman–Crippen LogP) is 0.426. The quantitative estimate of drug-likeness (QED) is 0.699. The van der Waals surface area contributed by atoms with E-state index >= 15 is 0 Å². The van der Waals surface area contributed by atoms with Gasteiger partial charge in [0.1, 0.15) is 0 Å². The molecule has 15 heavy (non-hydrogen) atoms. The highest BCUT2D eigenvalue weighted by molar-refractivity contribution is 5.78. The summed E-state index contributed by atoms with van der Waals surface area (Å²) >= 11 is 0. The topological polar surface area (TPSA) is 58.4 Å². The second kappa shape index (κ2) is 5.47. The van der Waals surface area contributed by atoms with Gasteiger partial charge in [-0.3, -0.25) is 4.79 Å². The van der Waals surface area contributed by atoms with Crippen molar-refractivity contribution in [2.45, 2.75) is 39.3 Å². The minimum atomic E-state index is -0.136. The molecule has 0 aliphatic rings. The highest BCUT2D eigenvalue weighted by Gasteiger charge is 2.23. The fourth-order valence-corrected chi connectivity index (χ4v) is 0.861. The monoisotopic (exact) mass is 215 g/mol. The summed E-state index contributed by atoms with van der Waals surface area (Å²) in [6.45, 7) is 8.51. The van der Waals surface area contributed by atoms with Crippen LogP contribution < -0.4 is 11.1 Å². The first kappa shape index (κ1) is 14.4. The van der Waals surface area contributed by atoms with Crippen LogP contribution in [0.3, 0.4) is 0 Å². The van der Waals surface area contributed by atoms with Crippen molar-refractivity contribution in [3.05, 3.63) is 0 Å². The maximum atomic E-state index is 11.6. The Morgan fingerprint density at radius 2 is 1.87 bits per heavy atom. The van der Waals surface area contributed by atoms with E-state index in [9.17, 15) is 4.79 Å². The molecule has 0 radical (unpaired) electrons. The van der Waals surface area contributed by atoms with Gasteiger partial charge in [-0.25, -0.2) is 0 Å². The number of nitrogens with two attached hydrogens (primary N) is 1. The number of likely N-dealkylation sites (N-methyl/N-ethyl adjacent to an activating group) is 1. The van der Waals surface area contributed by atoms with E-state index in [4.69, 9.17) is 5.73 Å². The highest BCUT2D eigenvalue weighted by Crippen LogP contribution is 2.08. The van der Waals surface area contributed by atoms with Gasteiger partial charge in [-0.1, -0.05) is 6.92 Å². The molecular weight excluding hydrogens is 190 g/mol. The largest absolute Gasteiger partial charge is 0.354 e. The van der Waals surface area contributed by atoms with Gasteiger partial charge in [-0.2, -0.15) is 0 Å². The summed E-state index contributed by atoms with van der Waals surface area (Å²) in [4.78, 5) is 13.7. The van der Waals surface area contributed by atoms with E-state index in [1.165, 1.54) is 0 Å². The molecule has 2 atom stereocenters. The molecule has 0 rings (SSSR count). The lowest BCUT2D eigenvalue weighted by atomic mass is 10.0. The Balaban J connectivity index is 4.12. The van der Waals surface area contributed by atoms with Gasteiger partial charge < -0.3 is 16.0 Å². The number of hydrogen-bond acceptors (Lipinski definition) is 3. The molecule has 0 aliphatic heterocycles. The highest BCUT2D eigenvalue weighted by atomic mass is 16.1. The SMILES string of the molecule is CC(N)C(C)C(=O)NCC(C)(C)N(C)C. The normalized spacial score (nSPS) is 16.3. The van der Waals surface area contributed by atoms with E-state index in [0.717, 1.165) is 0 Å². The van der Waals surface area contributed by atoms with Crippen molar-refractivity contribution in [3.63, 3.8) is 0 Å². The lowest BCUT2D eigenvalue weighted by molar-refractivity contribution is -0.125. The van der Waals surface area contributed by atoms with E-state index in [-0.39, 0.29) is 23.4 Å². The Morgan fingerprint density at radius 3 is 2.20 bits per heavy atom. The van der Waals surface area contributed by atoms with Crippen LogP contribution in [-0.2, 0) is 4.79 Å². The summed E-state index contributed by atoms with van der Waals surface area (Å²) < 4.78 is 0. The number of rotatable bonds is 5. The predicted molar refractivity (Wildman–Crippen MR) is 63.6 cm³/mol. The lowest BCUT2D eigenvalue weighted by Crippen LogP contribution is -2.50. The third kappa shape index (κ3) is 4.62. The third-order valence-electron chi connectivity index (χ3n) is 3.11. The van der Waals surface area contributed by atoms with Gasteiger partial charge in [0.15, 0.2) is 0 Å². The molecule has 0 aromatic heterocycles. The number of nitrogens with zero attached hydrogens (tertiary/aromatic N) is 1. The molecule has 0 bridgehead atoms. The van der Waals surface area contributed by atoms with Gasteiger partial charge in [0.25, 0.3) is 0 Å². The zero-order valence-corrected chi connectivity index (χ0v) is 10.8. The molecule has 1 amide bonds. The zero-order valence-electron chi connectivity index (χ0n) is 10.8.